The van der Waals surface area contributed by atoms with E-state index in [4.69, 9.17) is 18.9 Å². The van der Waals surface area contributed by atoms with Gasteiger partial charge in [-0.25, -0.2) is 4.79 Å². The molecule has 1 amide bonds. The van der Waals surface area contributed by atoms with E-state index in [2.05, 4.69) is 5.32 Å². The minimum Gasteiger partial charge on any atom is -0.488 e. The smallest absolute Gasteiger partial charge is 0.342 e. The number of amides is 1. The summed E-state index contributed by atoms with van der Waals surface area (Å²) in [5.74, 6) is 0.694. The molecule has 3 aromatic carbocycles. The maximum Gasteiger partial charge on any atom is 0.342 e. The normalized spacial score (nSPS) is 11.7. The van der Waals surface area contributed by atoms with Crippen molar-refractivity contribution in [3.05, 3.63) is 89.0 Å². The van der Waals surface area contributed by atoms with Crippen LogP contribution >= 0.6 is 0 Å². The van der Waals surface area contributed by atoms with Crippen molar-refractivity contribution in [1.29, 1.82) is 0 Å². The molecule has 0 bridgehead atoms. The quantitative estimate of drug-likeness (QED) is 0.545. The van der Waals surface area contributed by atoms with Crippen molar-refractivity contribution in [1.82, 2.24) is 5.32 Å². The number of hydrogen-bond donors (Lipinski definition) is 1. The molecule has 0 aliphatic carbocycles. The first-order valence-electron chi connectivity index (χ1n) is 10.2. The summed E-state index contributed by atoms with van der Waals surface area (Å²) < 4.78 is 21.6. The number of hydrogen-bond acceptors (Lipinski definition) is 6. The Hall–Kier alpha value is -4.00. The molecule has 4 rings (SSSR count). The molecule has 1 aliphatic heterocycles. The zero-order valence-electron chi connectivity index (χ0n) is 17.6. The maximum atomic E-state index is 12.5. The maximum absolute atomic E-state index is 12.5. The predicted molar refractivity (Wildman–Crippen MR) is 117 cm³/mol. The molecule has 1 N–H and O–H groups in total. The number of aryl methyl sites for hydroxylation is 1. The lowest BCUT2D eigenvalue weighted by atomic mass is 10.1. The fraction of sp³-hybridized carbons (Fsp3) is 0.200. The van der Waals surface area contributed by atoms with Crippen LogP contribution in [0.1, 0.15) is 27.0 Å². The molecule has 1 heterocycles. The highest BCUT2D eigenvalue weighted by molar-refractivity contribution is 5.94. The zero-order chi connectivity index (χ0) is 22.3. The van der Waals surface area contributed by atoms with Crippen molar-refractivity contribution in [3.63, 3.8) is 0 Å². The Morgan fingerprint density at radius 2 is 1.78 bits per heavy atom. The second-order valence-corrected chi connectivity index (χ2v) is 7.31. The molecule has 0 saturated heterocycles. The van der Waals surface area contributed by atoms with E-state index in [0.717, 1.165) is 16.7 Å². The number of esters is 1. The van der Waals surface area contributed by atoms with E-state index in [1.165, 1.54) is 0 Å². The van der Waals surface area contributed by atoms with Crippen molar-refractivity contribution in [2.75, 3.05) is 13.4 Å². The summed E-state index contributed by atoms with van der Waals surface area (Å²) in [6, 6.07) is 20.2. The Bertz CT molecular complexity index is 1130. The number of carbonyl (C=O) groups excluding carboxylic acids is 2. The molecule has 1 aliphatic rings. The Kier molecular flexibility index (Phi) is 6.55. The zero-order valence-corrected chi connectivity index (χ0v) is 17.6. The van der Waals surface area contributed by atoms with E-state index in [-0.39, 0.29) is 18.9 Å². The number of benzene rings is 3. The first-order chi connectivity index (χ1) is 15.6. The molecule has 0 fully saturated rings. The van der Waals surface area contributed by atoms with E-state index < -0.39 is 18.5 Å². The van der Waals surface area contributed by atoms with E-state index >= 15 is 0 Å². The molecule has 7 heteroatoms. The van der Waals surface area contributed by atoms with E-state index in [0.29, 0.717) is 23.9 Å². The molecule has 0 aromatic heterocycles. The van der Waals surface area contributed by atoms with Crippen LogP contribution in [0.5, 0.6) is 17.2 Å². The van der Waals surface area contributed by atoms with Crippen LogP contribution in [0.2, 0.25) is 0 Å². The largest absolute Gasteiger partial charge is 0.488 e. The van der Waals surface area contributed by atoms with Crippen LogP contribution in [0.3, 0.4) is 0 Å². The fourth-order valence-electron chi connectivity index (χ4n) is 3.24. The van der Waals surface area contributed by atoms with Crippen LogP contribution < -0.4 is 19.5 Å². The number of fused-ring (bicyclic) bond motifs is 1. The van der Waals surface area contributed by atoms with Crippen molar-refractivity contribution in [2.24, 2.45) is 0 Å². The predicted octanol–water partition coefficient (Wildman–Crippen LogP) is 3.78. The summed E-state index contributed by atoms with van der Waals surface area (Å²) in [4.78, 5) is 24.7. The van der Waals surface area contributed by atoms with Crippen molar-refractivity contribution in [2.45, 2.75) is 20.1 Å². The first kappa shape index (κ1) is 21.2. The van der Waals surface area contributed by atoms with Gasteiger partial charge in [0.05, 0.1) is 0 Å². The second kappa shape index (κ2) is 9.87. The minimum atomic E-state index is -0.622. The lowest BCUT2D eigenvalue weighted by Gasteiger charge is -2.12. The van der Waals surface area contributed by atoms with Crippen LogP contribution in [0, 0.1) is 6.92 Å². The summed E-state index contributed by atoms with van der Waals surface area (Å²) >= 11 is 0. The van der Waals surface area contributed by atoms with Crippen LogP contribution in [0.15, 0.2) is 66.7 Å². The highest BCUT2D eigenvalue weighted by Crippen LogP contribution is 2.32. The van der Waals surface area contributed by atoms with Crippen molar-refractivity contribution < 1.29 is 28.5 Å². The lowest BCUT2D eigenvalue weighted by molar-refractivity contribution is -0.124. The van der Waals surface area contributed by atoms with E-state index in [1.54, 1.807) is 36.4 Å². The Labute approximate surface area is 185 Å². The third-order valence-corrected chi connectivity index (χ3v) is 4.84. The summed E-state index contributed by atoms with van der Waals surface area (Å²) in [5, 5.41) is 2.72. The summed E-state index contributed by atoms with van der Waals surface area (Å²) in [6.45, 7) is 2.41. The molecule has 0 saturated carbocycles. The topological polar surface area (TPSA) is 83.1 Å². The molecule has 32 heavy (non-hydrogen) atoms. The van der Waals surface area contributed by atoms with Gasteiger partial charge >= 0.3 is 5.97 Å². The standard InChI is InChI=1S/C25H23NO6/c1-17-5-4-6-19(11-17)14-29-21-8-3-2-7-20(21)25(28)30-15-24(27)26-13-18-9-10-22-23(12-18)32-16-31-22/h2-12H,13-16H2,1H3,(H,26,27). The van der Waals surface area contributed by atoms with Gasteiger partial charge in [0.15, 0.2) is 18.1 Å². The van der Waals surface area contributed by atoms with Gasteiger partial charge < -0.3 is 24.3 Å². The number of nitrogens with one attached hydrogen (secondary N) is 1. The van der Waals surface area contributed by atoms with Gasteiger partial charge in [-0.05, 0) is 42.3 Å². The van der Waals surface area contributed by atoms with Crippen molar-refractivity contribution >= 4 is 11.9 Å². The minimum absolute atomic E-state index is 0.192. The molecule has 7 nitrogen and oxygen atoms in total. The SMILES string of the molecule is Cc1cccc(COc2ccccc2C(=O)OCC(=O)NCc2ccc3c(c2)OCO3)c1. The lowest BCUT2D eigenvalue weighted by Crippen LogP contribution is -2.28. The average Bonchev–Trinajstić information content (AvgIpc) is 3.28. The molecular weight excluding hydrogens is 410 g/mol. The third kappa shape index (κ3) is 5.37. The number of carbonyl (C=O) groups is 2. The number of ether oxygens (including phenoxy) is 4. The summed E-state index contributed by atoms with van der Waals surface area (Å²) in [5.41, 5.74) is 3.24. The van der Waals surface area contributed by atoms with Gasteiger partial charge in [-0.2, -0.15) is 0 Å². The van der Waals surface area contributed by atoms with Crippen LogP contribution in [-0.4, -0.2) is 25.3 Å². The number of para-hydroxylation sites is 1. The van der Waals surface area contributed by atoms with Gasteiger partial charge in [0.25, 0.3) is 5.91 Å². The fourth-order valence-corrected chi connectivity index (χ4v) is 3.24. The van der Waals surface area contributed by atoms with Crippen LogP contribution in [-0.2, 0) is 22.7 Å². The first-order valence-corrected chi connectivity index (χ1v) is 10.2. The summed E-state index contributed by atoms with van der Waals surface area (Å²) in [7, 11) is 0. The van der Waals surface area contributed by atoms with E-state index in [9.17, 15) is 9.59 Å². The third-order valence-electron chi connectivity index (χ3n) is 4.84. The second-order valence-electron chi connectivity index (χ2n) is 7.31. The molecule has 0 atom stereocenters. The van der Waals surface area contributed by atoms with E-state index in [1.807, 2.05) is 37.3 Å². The van der Waals surface area contributed by atoms with Crippen LogP contribution in [0.25, 0.3) is 0 Å². The van der Waals surface area contributed by atoms with Gasteiger partial charge in [0.2, 0.25) is 6.79 Å². The highest BCUT2D eigenvalue weighted by atomic mass is 16.7. The molecule has 3 aromatic rings. The summed E-state index contributed by atoms with van der Waals surface area (Å²) in [6.07, 6.45) is 0. The van der Waals surface area contributed by atoms with Gasteiger partial charge in [0.1, 0.15) is 17.9 Å². The van der Waals surface area contributed by atoms with Crippen LogP contribution in [0.4, 0.5) is 0 Å². The average molecular weight is 433 g/mol. The van der Waals surface area contributed by atoms with Gasteiger partial charge in [-0.3, -0.25) is 4.79 Å². The van der Waals surface area contributed by atoms with Gasteiger partial charge in [-0.1, -0.05) is 48.0 Å². The molecule has 0 spiro atoms. The molecule has 0 radical (unpaired) electrons. The Balaban J connectivity index is 1.28. The highest BCUT2D eigenvalue weighted by Gasteiger charge is 2.16. The number of rotatable bonds is 8. The van der Waals surface area contributed by atoms with Crippen molar-refractivity contribution in [3.8, 4) is 17.2 Å². The monoisotopic (exact) mass is 433 g/mol. The van der Waals surface area contributed by atoms with Gasteiger partial charge in [-0.15, -0.1) is 0 Å². The van der Waals surface area contributed by atoms with Gasteiger partial charge in [0, 0.05) is 6.54 Å². The Morgan fingerprint density at radius 1 is 0.938 bits per heavy atom. The molecule has 0 unspecified atom stereocenters. The molecule has 164 valence electrons. The molecular formula is C25H23NO6. The Morgan fingerprint density at radius 3 is 2.66 bits per heavy atom.